The minimum absolute atomic E-state index is 0.117. The van der Waals surface area contributed by atoms with E-state index < -0.39 is 22.0 Å². The number of anilines is 1. The van der Waals surface area contributed by atoms with Gasteiger partial charge in [-0.05, 0) is 50.6 Å². The second-order valence-electron chi connectivity index (χ2n) is 5.60. The predicted octanol–water partition coefficient (Wildman–Crippen LogP) is 3.26. The summed E-state index contributed by atoms with van der Waals surface area (Å²) in [6.07, 6.45) is 0. The lowest BCUT2D eigenvalue weighted by molar-refractivity contribution is -0.117. The van der Waals surface area contributed by atoms with Crippen molar-refractivity contribution in [2.75, 3.05) is 5.32 Å². The van der Waals surface area contributed by atoms with E-state index in [0.29, 0.717) is 10.7 Å². The molecule has 2 rings (SSSR count). The van der Waals surface area contributed by atoms with Gasteiger partial charge in [-0.1, -0.05) is 35.4 Å². The van der Waals surface area contributed by atoms with Crippen LogP contribution in [0.25, 0.3) is 0 Å². The average Bonchev–Trinajstić information content (AvgIpc) is 2.51. The molecule has 2 aromatic rings. The van der Waals surface area contributed by atoms with E-state index in [1.54, 1.807) is 30.3 Å². The zero-order valence-electron chi connectivity index (χ0n) is 13.6. The van der Waals surface area contributed by atoms with Gasteiger partial charge in [0.2, 0.25) is 15.9 Å². The molecule has 0 spiro atoms. The standard InChI is InChI=1S/C17H19ClN2O3S/c1-11-4-8-15(9-5-11)24(22,23)20-13(3)17(21)19-16-10-14(18)7-6-12(16)2/h4-10,13,20H,1-3H3,(H,19,21). The molecule has 0 radical (unpaired) electrons. The lowest BCUT2D eigenvalue weighted by Gasteiger charge is -2.16. The zero-order chi connectivity index (χ0) is 17.9. The Morgan fingerprint density at radius 1 is 1.08 bits per heavy atom. The van der Waals surface area contributed by atoms with E-state index in [2.05, 4.69) is 10.0 Å². The van der Waals surface area contributed by atoms with E-state index >= 15 is 0 Å². The van der Waals surface area contributed by atoms with Gasteiger partial charge in [-0.15, -0.1) is 0 Å². The van der Waals surface area contributed by atoms with Gasteiger partial charge in [0.1, 0.15) is 0 Å². The lowest BCUT2D eigenvalue weighted by Crippen LogP contribution is -2.41. The molecule has 2 N–H and O–H groups in total. The van der Waals surface area contributed by atoms with Crippen LogP contribution >= 0.6 is 11.6 Å². The van der Waals surface area contributed by atoms with Crippen LogP contribution < -0.4 is 10.0 Å². The number of aryl methyl sites for hydroxylation is 2. The largest absolute Gasteiger partial charge is 0.324 e. The van der Waals surface area contributed by atoms with Crippen LogP contribution in [0.15, 0.2) is 47.4 Å². The summed E-state index contributed by atoms with van der Waals surface area (Å²) in [4.78, 5) is 12.4. The van der Waals surface area contributed by atoms with Gasteiger partial charge >= 0.3 is 0 Å². The number of nitrogens with one attached hydrogen (secondary N) is 2. The molecule has 0 fully saturated rings. The average molecular weight is 367 g/mol. The first-order valence-electron chi connectivity index (χ1n) is 7.35. The highest BCUT2D eigenvalue weighted by atomic mass is 35.5. The van der Waals surface area contributed by atoms with Gasteiger partial charge < -0.3 is 5.32 Å². The molecule has 24 heavy (non-hydrogen) atoms. The van der Waals surface area contributed by atoms with Crippen molar-refractivity contribution in [2.24, 2.45) is 0 Å². The normalized spacial score (nSPS) is 12.7. The van der Waals surface area contributed by atoms with Crippen LogP contribution in [-0.4, -0.2) is 20.4 Å². The molecule has 5 nitrogen and oxygen atoms in total. The van der Waals surface area contributed by atoms with Crippen LogP contribution in [0.2, 0.25) is 5.02 Å². The number of carbonyl (C=O) groups excluding carboxylic acids is 1. The number of rotatable bonds is 5. The van der Waals surface area contributed by atoms with Crippen LogP contribution in [-0.2, 0) is 14.8 Å². The first-order chi connectivity index (χ1) is 11.2. The van der Waals surface area contributed by atoms with E-state index in [1.165, 1.54) is 19.1 Å². The molecule has 0 aromatic heterocycles. The maximum atomic E-state index is 12.3. The number of halogens is 1. The van der Waals surface area contributed by atoms with Crippen LogP contribution in [0, 0.1) is 13.8 Å². The Morgan fingerprint density at radius 3 is 2.33 bits per heavy atom. The molecule has 0 aliphatic rings. The third kappa shape index (κ3) is 4.56. The maximum Gasteiger partial charge on any atom is 0.242 e. The predicted molar refractivity (Wildman–Crippen MR) is 95.8 cm³/mol. The third-order valence-electron chi connectivity index (χ3n) is 3.51. The van der Waals surface area contributed by atoms with Crippen molar-refractivity contribution in [3.05, 3.63) is 58.6 Å². The van der Waals surface area contributed by atoms with Crippen LogP contribution in [0.5, 0.6) is 0 Å². The summed E-state index contributed by atoms with van der Waals surface area (Å²) in [7, 11) is -3.77. The minimum atomic E-state index is -3.77. The van der Waals surface area contributed by atoms with Crippen LogP contribution in [0.3, 0.4) is 0 Å². The van der Waals surface area contributed by atoms with Gasteiger partial charge in [0.15, 0.2) is 0 Å². The molecule has 1 atom stereocenters. The lowest BCUT2D eigenvalue weighted by atomic mass is 10.2. The summed E-state index contributed by atoms with van der Waals surface area (Å²) in [5, 5.41) is 3.17. The molecule has 1 unspecified atom stereocenters. The van der Waals surface area contributed by atoms with E-state index in [-0.39, 0.29) is 4.90 Å². The molecule has 1 amide bonds. The number of sulfonamides is 1. The number of amides is 1. The van der Waals surface area contributed by atoms with E-state index in [1.807, 2.05) is 13.8 Å². The third-order valence-corrected chi connectivity index (χ3v) is 5.31. The smallest absolute Gasteiger partial charge is 0.242 e. The molecule has 2 aromatic carbocycles. The summed E-state index contributed by atoms with van der Waals surface area (Å²) in [6, 6.07) is 10.6. The van der Waals surface area contributed by atoms with E-state index in [9.17, 15) is 13.2 Å². The van der Waals surface area contributed by atoms with Gasteiger partial charge in [0.25, 0.3) is 0 Å². The Bertz CT molecular complexity index is 849. The second-order valence-corrected chi connectivity index (χ2v) is 7.75. The molecule has 0 saturated carbocycles. The van der Waals surface area contributed by atoms with Crippen molar-refractivity contribution in [3.8, 4) is 0 Å². The van der Waals surface area contributed by atoms with Crippen LogP contribution in [0.4, 0.5) is 5.69 Å². The second kappa shape index (κ2) is 7.34. The Hall–Kier alpha value is -1.89. The summed E-state index contributed by atoms with van der Waals surface area (Å²) in [6.45, 7) is 5.18. The van der Waals surface area contributed by atoms with E-state index in [4.69, 9.17) is 11.6 Å². The first-order valence-corrected chi connectivity index (χ1v) is 9.21. The van der Waals surface area contributed by atoms with Crippen molar-refractivity contribution < 1.29 is 13.2 Å². The maximum absolute atomic E-state index is 12.3. The highest BCUT2D eigenvalue weighted by Gasteiger charge is 2.22. The van der Waals surface area contributed by atoms with Gasteiger partial charge in [-0.25, -0.2) is 8.42 Å². The molecule has 0 bridgehead atoms. The first kappa shape index (κ1) is 18.4. The minimum Gasteiger partial charge on any atom is -0.324 e. The Morgan fingerprint density at radius 2 is 1.71 bits per heavy atom. The molecule has 0 saturated heterocycles. The Labute approximate surface area is 147 Å². The number of benzene rings is 2. The number of carbonyl (C=O) groups is 1. The molecular formula is C17H19ClN2O3S. The molecule has 0 heterocycles. The van der Waals surface area contributed by atoms with Gasteiger partial charge in [0.05, 0.1) is 10.9 Å². The quantitative estimate of drug-likeness (QED) is 0.852. The summed E-state index contributed by atoms with van der Waals surface area (Å²) >= 11 is 5.92. The van der Waals surface area contributed by atoms with Crippen LogP contribution in [0.1, 0.15) is 18.1 Å². The van der Waals surface area contributed by atoms with E-state index in [0.717, 1.165) is 11.1 Å². The monoisotopic (exact) mass is 366 g/mol. The fraction of sp³-hybridized carbons (Fsp3) is 0.235. The molecule has 0 aliphatic heterocycles. The Kier molecular flexibility index (Phi) is 5.64. The zero-order valence-corrected chi connectivity index (χ0v) is 15.2. The van der Waals surface area contributed by atoms with Gasteiger partial charge in [-0.2, -0.15) is 4.72 Å². The highest BCUT2D eigenvalue weighted by molar-refractivity contribution is 7.89. The molecular weight excluding hydrogens is 348 g/mol. The fourth-order valence-corrected chi connectivity index (χ4v) is 3.42. The molecule has 7 heteroatoms. The van der Waals surface area contributed by atoms with Crippen molar-refractivity contribution in [2.45, 2.75) is 31.7 Å². The summed E-state index contributed by atoms with van der Waals surface area (Å²) in [5.41, 5.74) is 2.34. The molecule has 128 valence electrons. The van der Waals surface area contributed by atoms with Gasteiger partial charge in [0, 0.05) is 10.7 Å². The summed E-state index contributed by atoms with van der Waals surface area (Å²) in [5.74, 6) is -0.462. The van der Waals surface area contributed by atoms with Gasteiger partial charge in [-0.3, -0.25) is 4.79 Å². The highest BCUT2D eigenvalue weighted by Crippen LogP contribution is 2.20. The fourth-order valence-electron chi connectivity index (χ4n) is 2.04. The molecule has 0 aliphatic carbocycles. The van der Waals surface area contributed by atoms with Crippen molar-refractivity contribution in [3.63, 3.8) is 0 Å². The number of hydrogen-bond donors (Lipinski definition) is 2. The Balaban J connectivity index is 2.10. The topological polar surface area (TPSA) is 75.3 Å². The van der Waals surface area contributed by atoms with Crippen molar-refractivity contribution in [1.82, 2.24) is 4.72 Å². The number of hydrogen-bond acceptors (Lipinski definition) is 3. The summed E-state index contributed by atoms with van der Waals surface area (Å²) < 4.78 is 27.0. The van der Waals surface area contributed by atoms with Crippen molar-refractivity contribution >= 4 is 33.2 Å². The van der Waals surface area contributed by atoms with Crippen molar-refractivity contribution in [1.29, 1.82) is 0 Å². The SMILES string of the molecule is Cc1ccc(S(=O)(=O)NC(C)C(=O)Nc2cc(Cl)ccc2C)cc1.